The van der Waals surface area contributed by atoms with E-state index >= 15 is 0 Å². The van der Waals surface area contributed by atoms with Crippen LogP contribution in [0.15, 0.2) is 48.5 Å². The molecular weight excluding hydrogens is 387 g/mol. The summed E-state index contributed by atoms with van der Waals surface area (Å²) in [7, 11) is -4.10. The van der Waals surface area contributed by atoms with Gasteiger partial charge >= 0.3 is 7.60 Å². The van der Waals surface area contributed by atoms with Crippen molar-refractivity contribution in [3.63, 3.8) is 0 Å². The van der Waals surface area contributed by atoms with Crippen LogP contribution in [-0.2, 0) is 35.2 Å². The summed E-state index contributed by atoms with van der Waals surface area (Å²) in [6.07, 6.45) is 0.145. The third-order valence-corrected chi connectivity index (χ3v) is 5.20. The van der Waals surface area contributed by atoms with Gasteiger partial charge in [0.2, 0.25) is 5.91 Å². The minimum atomic E-state index is -4.10. The van der Waals surface area contributed by atoms with E-state index in [9.17, 15) is 9.36 Å². The lowest BCUT2D eigenvalue weighted by Gasteiger charge is -2.27. The summed E-state index contributed by atoms with van der Waals surface area (Å²) in [5, 5.41) is 0. The number of carbonyl (C=O) groups is 1. The van der Waals surface area contributed by atoms with Gasteiger partial charge in [-0.25, -0.2) is 0 Å². The number of carbonyl (C=O) groups excluding carboxylic acids is 1. The fourth-order valence-electron chi connectivity index (χ4n) is 3.08. The zero-order chi connectivity index (χ0) is 21.7. The molecule has 0 heterocycles. The van der Waals surface area contributed by atoms with Crippen LogP contribution in [0.2, 0.25) is 0 Å². The molecule has 0 aromatic heterocycles. The molecule has 0 unspecified atom stereocenters. The van der Waals surface area contributed by atoms with Gasteiger partial charge in [0.15, 0.2) is 0 Å². The predicted octanol–water partition coefficient (Wildman–Crippen LogP) is 3.79. The minimum Gasteiger partial charge on any atom is -0.334 e. The number of hydrogen-bond acceptors (Lipinski definition) is 3. The molecule has 0 fully saturated rings. The van der Waals surface area contributed by atoms with Crippen LogP contribution in [0.1, 0.15) is 49.4 Å². The maximum absolute atomic E-state index is 13.0. The Morgan fingerprint density at radius 1 is 0.966 bits per heavy atom. The lowest BCUT2D eigenvalue weighted by Crippen LogP contribution is -2.32. The molecule has 2 rings (SSSR count). The molecule has 0 spiro atoms. The summed E-state index contributed by atoms with van der Waals surface area (Å²) < 4.78 is 11.2. The van der Waals surface area contributed by atoms with Gasteiger partial charge in [-0.15, -0.1) is 0 Å². The summed E-state index contributed by atoms with van der Waals surface area (Å²) in [4.78, 5) is 33.0. The Hall–Kier alpha value is -1.98. The smallest absolute Gasteiger partial charge is 0.329 e. The van der Waals surface area contributed by atoms with Crippen molar-refractivity contribution in [2.75, 3.05) is 0 Å². The van der Waals surface area contributed by atoms with Crippen LogP contribution in [-0.4, -0.2) is 20.6 Å². The van der Waals surface area contributed by atoms with E-state index in [1.807, 2.05) is 62.1 Å². The van der Waals surface area contributed by atoms with Crippen LogP contribution < -0.4 is 5.73 Å². The van der Waals surface area contributed by atoms with Crippen LogP contribution in [0.3, 0.4) is 0 Å². The molecule has 2 aromatic rings. The van der Waals surface area contributed by atoms with Crippen LogP contribution in [0.5, 0.6) is 0 Å². The van der Waals surface area contributed by atoms with Crippen molar-refractivity contribution in [2.24, 2.45) is 11.1 Å². The normalized spacial score (nSPS) is 12.1. The van der Waals surface area contributed by atoms with Crippen LogP contribution in [0.25, 0.3) is 0 Å². The van der Waals surface area contributed by atoms with Crippen LogP contribution in [0.4, 0.5) is 0 Å². The second-order valence-electron chi connectivity index (χ2n) is 8.65. The van der Waals surface area contributed by atoms with Gasteiger partial charge in [0.25, 0.3) is 0 Å². The number of rotatable bonds is 8. The molecule has 0 atom stereocenters. The molecular formula is C22H31N2O4P. The van der Waals surface area contributed by atoms with Crippen molar-refractivity contribution in [3.05, 3.63) is 70.8 Å². The highest BCUT2D eigenvalue weighted by Gasteiger charge is 2.22. The van der Waals surface area contributed by atoms with Gasteiger partial charge in [-0.05, 0) is 27.7 Å². The van der Waals surface area contributed by atoms with Crippen molar-refractivity contribution in [2.45, 2.75) is 53.0 Å². The molecule has 0 aliphatic rings. The molecule has 7 heteroatoms. The Bertz CT molecular complexity index is 869. The summed E-state index contributed by atoms with van der Waals surface area (Å²) >= 11 is 0. The van der Waals surface area contributed by atoms with E-state index in [1.165, 1.54) is 0 Å². The lowest BCUT2D eigenvalue weighted by molar-refractivity contribution is -0.134. The first kappa shape index (κ1) is 23.3. The standard InChI is InChI=1S/C22H31N2O4P/c1-22(2,3)12-21(25)24(15-20-6-4-5-19(11-20)13-23)14-17-7-9-18(10-8-17)16-29(26,27)28/h4-11H,12-16,23H2,1-3H3,(H2,26,27,28). The first-order valence-corrected chi connectivity index (χ1v) is 11.4. The van der Waals surface area contributed by atoms with Gasteiger partial charge < -0.3 is 20.4 Å². The van der Waals surface area contributed by atoms with Crippen LogP contribution >= 0.6 is 7.60 Å². The average molecular weight is 418 g/mol. The second kappa shape index (κ2) is 9.68. The molecule has 1 amide bonds. The van der Waals surface area contributed by atoms with E-state index in [2.05, 4.69) is 0 Å². The molecule has 0 aliphatic heterocycles. The quantitative estimate of drug-likeness (QED) is 0.566. The number of nitrogens with two attached hydrogens (primary N) is 1. The maximum Gasteiger partial charge on any atom is 0.329 e. The van der Waals surface area contributed by atoms with Crippen molar-refractivity contribution in [1.29, 1.82) is 0 Å². The number of hydrogen-bond donors (Lipinski definition) is 3. The van der Waals surface area contributed by atoms with Crippen molar-refractivity contribution in [1.82, 2.24) is 4.90 Å². The Kier molecular flexibility index (Phi) is 7.78. The van der Waals surface area contributed by atoms with Gasteiger partial charge in [0.05, 0.1) is 6.16 Å². The highest BCUT2D eigenvalue weighted by molar-refractivity contribution is 7.50. The Morgan fingerprint density at radius 3 is 2.07 bits per heavy atom. The summed E-state index contributed by atoms with van der Waals surface area (Å²) in [5.74, 6) is 0.0648. The Balaban J connectivity index is 2.20. The molecule has 6 nitrogen and oxygen atoms in total. The predicted molar refractivity (Wildman–Crippen MR) is 115 cm³/mol. The van der Waals surface area contributed by atoms with E-state index in [4.69, 9.17) is 15.5 Å². The molecule has 2 aromatic carbocycles. The first-order chi connectivity index (χ1) is 13.4. The second-order valence-corrected chi connectivity index (χ2v) is 10.3. The zero-order valence-electron chi connectivity index (χ0n) is 17.3. The lowest BCUT2D eigenvalue weighted by atomic mass is 9.91. The number of nitrogens with zero attached hydrogens (tertiary/aromatic N) is 1. The average Bonchev–Trinajstić information content (AvgIpc) is 2.60. The van der Waals surface area contributed by atoms with Gasteiger partial charge in [-0.1, -0.05) is 69.3 Å². The van der Waals surface area contributed by atoms with E-state index in [0.717, 1.165) is 16.7 Å². The molecule has 4 N–H and O–H groups in total. The largest absolute Gasteiger partial charge is 0.334 e. The SMILES string of the molecule is CC(C)(C)CC(=O)N(Cc1ccc(CP(=O)(O)O)cc1)Cc1cccc(CN)c1. The fourth-order valence-corrected chi connectivity index (χ4v) is 3.77. The van der Waals surface area contributed by atoms with Crippen molar-refractivity contribution in [3.8, 4) is 0 Å². The van der Waals surface area contributed by atoms with Crippen LogP contribution in [0, 0.1) is 5.41 Å². The third-order valence-electron chi connectivity index (χ3n) is 4.42. The summed E-state index contributed by atoms with van der Waals surface area (Å²) in [6, 6.07) is 15.0. The van der Waals surface area contributed by atoms with Crippen molar-refractivity contribution < 1.29 is 19.1 Å². The zero-order valence-corrected chi connectivity index (χ0v) is 18.2. The van der Waals surface area contributed by atoms with Gasteiger partial charge in [-0.3, -0.25) is 9.36 Å². The van der Waals surface area contributed by atoms with Gasteiger partial charge in [0.1, 0.15) is 0 Å². The molecule has 29 heavy (non-hydrogen) atoms. The fraction of sp³-hybridized carbons (Fsp3) is 0.409. The third kappa shape index (κ3) is 8.50. The minimum absolute atomic E-state index is 0.0648. The molecule has 158 valence electrons. The molecule has 0 radical (unpaired) electrons. The van der Waals surface area contributed by atoms with E-state index < -0.39 is 7.60 Å². The highest BCUT2D eigenvalue weighted by Crippen LogP contribution is 2.39. The van der Waals surface area contributed by atoms with E-state index in [0.29, 0.717) is 31.6 Å². The number of amides is 1. The van der Waals surface area contributed by atoms with Gasteiger partial charge in [-0.2, -0.15) is 0 Å². The topological polar surface area (TPSA) is 104 Å². The molecule has 0 saturated heterocycles. The molecule has 0 aliphatic carbocycles. The summed E-state index contributed by atoms with van der Waals surface area (Å²) in [6.45, 7) is 7.47. The van der Waals surface area contributed by atoms with E-state index in [-0.39, 0.29) is 17.5 Å². The Morgan fingerprint density at radius 2 is 1.52 bits per heavy atom. The maximum atomic E-state index is 13.0. The first-order valence-electron chi connectivity index (χ1n) is 9.63. The van der Waals surface area contributed by atoms with Gasteiger partial charge in [0, 0.05) is 26.1 Å². The monoisotopic (exact) mass is 418 g/mol. The van der Waals surface area contributed by atoms with E-state index in [1.54, 1.807) is 12.1 Å². The van der Waals surface area contributed by atoms with Crippen molar-refractivity contribution >= 4 is 13.5 Å². The molecule has 0 saturated carbocycles. The highest BCUT2D eigenvalue weighted by atomic mass is 31.2. The number of benzene rings is 2. The molecule has 0 bridgehead atoms. The Labute approximate surface area is 172 Å². The summed E-state index contributed by atoms with van der Waals surface area (Å²) in [5.41, 5.74) is 9.14.